The van der Waals surface area contributed by atoms with Crippen LogP contribution in [0.3, 0.4) is 0 Å². The largest absolute Gasteiger partial charge is 0.465 e. The molecule has 0 aromatic heterocycles. The lowest BCUT2D eigenvalue weighted by Crippen LogP contribution is -2.64. The number of benzene rings is 1. The molecule has 5 aliphatic rings. The van der Waals surface area contributed by atoms with Gasteiger partial charge in [-0.15, -0.1) is 0 Å². The fraction of sp³-hybridized carbons (Fsp3) is 0.763. The van der Waals surface area contributed by atoms with Gasteiger partial charge in [-0.2, -0.15) is 0 Å². The Balaban J connectivity index is 1.26. The minimum atomic E-state index is -0.412. The molecule has 4 saturated carbocycles. The summed E-state index contributed by atoms with van der Waals surface area (Å²) >= 11 is 0. The van der Waals surface area contributed by atoms with Gasteiger partial charge in [0.05, 0.1) is 18.1 Å². The molecule has 1 aromatic carbocycles. The lowest BCUT2D eigenvalue weighted by atomic mass is 9.33. The van der Waals surface area contributed by atoms with Crippen LogP contribution in [-0.2, 0) is 16.0 Å². The molecule has 9 atom stereocenters. The van der Waals surface area contributed by atoms with Crippen LogP contribution in [0.1, 0.15) is 118 Å². The molecule has 2 unspecified atom stereocenters. The maximum Gasteiger partial charge on any atom is 0.311 e. The van der Waals surface area contributed by atoms with E-state index in [1.165, 1.54) is 31.2 Å². The topological polar surface area (TPSA) is 46.5 Å². The van der Waals surface area contributed by atoms with Crippen LogP contribution in [0.5, 0.6) is 0 Å². The van der Waals surface area contributed by atoms with Gasteiger partial charge in [0.15, 0.2) is 0 Å². The maximum atomic E-state index is 13.6. The molecule has 41 heavy (non-hydrogen) atoms. The Labute approximate surface area is 249 Å². The Kier molecular flexibility index (Phi) is 6.97. The molecule has 3 nitrogen and oxygen atoms in total. The van der Waals surface area contributed by atoms with E-state index in [1.54, 1.807) is 5.57 Å². The van der Waals surface area contributed by atoms with E-state index in [9.17, 15) is 9.90 Å². The van der Waals surface area contributed by atoms with Crippen molar-refractivity contribution in [2.24, 2.45) is 50.2 Å². The summed E-state index contributed by atoms with van der Waals surface area (Å²) in [6, 6.07) is 10.3. The van der Waals surface area contributed by atoms with Crippen molar-refractivity contribution in [1.82, 2.24) is 0 Å². The van der Waals surface area contributed by atoms with Crippen molar-refractivity contribution in [3.05, 3.63) is 47.5 Å². The van der Waals surface area contributed by atoms with Gasteiger partial charge >= 0.3 is 5.97 Å². The molecular formula is C38H56O3. The summed E-state index contributed by atoms with van der Waals surface area (Å²) in [6.45, 7) is 17.7. The highest BCUT2D eigenvalue weighted by atomic mass is 16.5. The van der Waals surface area contributed by atoms with E-state index in [4.69, 9.17) is 4.74 Å². The van der Waals surface area contributed by atoms with Crippen LogP contribution in [0.15, 0.2) is 42.0 Å². The van der Waals surface area contributed by atoms with Crippen molar-refractivity contribution in [1.29, 1.82) is 0 Å². The first kappa shape index (κ1) is 29.5. The van der Waals surface area contributed by atoms with Crippen LogP contribution in [0.4, 0.5) is 0 Å². The zero-order valence-corrected chi connectivity index (χ0v) is 27.0. The molecule has 0 spiro atoms. The molecule has 5 aliphatic carbocycles. The molecule has 0 bridgehead atoms. The molecule has 4 fully saturated rings. The van der Waals surface area contributed by atoms with E-state index in [-0.39, 0.29) is 39.1 Å². The standard InChI is InChI=1S/C38H56O3/c1-33(2)29-15-19-38(7)30(36(29,5)18-16-31(33)39)14-13-27-28-25-35(4,21-20-34(28,3)22-23-37(27,38)6)32(40)41-24-17-26-11-9-8-10-12-26/h8-13,28-31,39H,14-25H2,1-7H3/t28-,29?,30?,31-,34+,35-,36-,37+,38+/m0/s1. The highest BCUT2D eigenvalue weighted by Gasteiger charge is 2.68. The Morgan fingerprint density at radius 2 is 1.59 bits per heavy atom. The second-order valence-corrected chi connectivity index (χ2v) is 17.0. The summed E-state index contributed by atoms with van der Waals surface area (Å²) in [7, 11) is 0. The molecule has 0 saturated heterocycles. The molecule has 1 N–H and O–H groups in total. The summed E-state index contributed by atoms with van der Waals surface area (Å²) in [5, 5.41) is 11.0. The normalized spacial score (nSPS) is 46.7. The molecule has 0 heterocycles. The van der Waals surface area contributed by atoms with Gasteiger partial charge in [-0.05, 0) is 122 Å². The fourth-order valence-electron chi connectivity index (χ4n) is 11.6. The number of aliphatic hydroxyl groups excluding tert-OH is 1. The van der Waals surface area contributed by atoms with Crippen LogP contribution < -0.4 is 0 Å². The summed E-state index contributed by atoms with van der Waals surface area (Å²) in [4.78, 5) is 13.6. The number of hydrogen-bond donors (Lipinski definition) is 1. The van der Waals surface area contributed by atoms with E-state index >= 15 is 0 Å². The van der Waals surface area contributed by atoms with E-state index in [0.717, 1.165) is 44.9 Å². The Bertz CT molecular complexity index is 1200. The lowest BCUT2D eigenvalue weighted by Gasteiger charge is -2.71. The second-order valence-electron chi connectivity index (χ2n) is 17.0. The Hall–Kier alpha value is -1.61. The van der Waals surface area contributed by atoms with E-state index in [1.807, 2.05) is 6.07 Å². The van der Waals surface area contributed by atoms with Crippen molar-refractivity contribution in [3.63, 3.8) is 0 Å². The highest BCUT2D eigenvalue weighted by molar-refractivity contribution is 5.76. The van der Waals surface area contributed by atoms with E-state index in [2.05, 4.69) is 78.8 Å². The number of rotatable bonds is 4. The van der Waals surface area contributed by atoms with E-state index in [0.29, 0.717) is 24.4 Å². The van der Waals surface area contributed by atoms with Crippen LogP contribution >= 0.6 is 0 Å². The van der Waals surface area contributed by atoms with Gasteiger partial charge in [0, 0.05) is 6.42 Å². The third kappa shape index (κ3) is 4.25. The number of aliphatic hydroxyl groups is 1. The smallest absolute Gasteiger partial charge is 0.311 e. The zero-order chi connectivity index (χ0) is 29.5. The summed E-state index contributed by atoms with van der Waals surface area (Å²) in [6.07, 6.45) is 14.5. The molecule has 0 amide bonds. The second kappa shape index (κ2) is 9.70. The SMILES string of the molecule is CC1(C)C2CC[C@]3(C)C(CC=C4[C@@H]5C[C@@](C)(C(=O)OCCc6ccccc6)CC[C@]5(C)CC[C@]43C)[C@@]2(C)CC[C@@H]1O. The van der Waals surface area contributed by atoms with Crippen molar-refractivity contribution in [3.8, 4) is 0 Å². The van der Waals surface area contributed by atoms with Gasteiger partial charge in [-0.25, -0.2) is 0 Å². The fourth-order valence-corrected chi connectivity index (χ4v) is 11.6. The monoisotopic (exact) mass is 560 g/mol. The van der Waals surface area contributed by atoms with Crippen LogP contribution in [-0.4, -0.2) is 23.8 Å². The molecule has 1 aromatic rings. The molecule has 0 radical (unpaired) electrons. The van der Waals surface area contributed by atoms with Gasteiger partial charge in [-0.1, -0.05) is 83.5 Å². The average Bonchev–Trinajstić information content (AvgIpc) is 2.93. The van der Waals surface area contributed by atoms with Gasteiger partial charge < -0.3 is 9.84 Å². The molecular weight excluding hydrogens is 504 g/mol. The number of allylic oxidation sites excluding steroid dienone is 2. The highest BCUT2D eigenvalue weighted by Crippen LogP contribution is 2.75. The minimum absolute atomic E-state index is 0.0132. The average molecular weight is 561 g/mol. The van der Waals surface area contributed by atoms with E-state index < -0.39 is 5.41 Å². The van der Waals surface area contributed by atoms with Crippen molar-refractivity contribution in [2.45, 2.75) is 125 Å². The first-order valence-electron chi connectivity index (χ1n) is 16.8. The Morgan fingerprint density at radius 3 is 2.32 bits per heavy atom. The summed E-state index contributed by atoms with van der Waals surface area (Å²) in [5.74, 6) is 1.69. The maximum absolute atomic E-state index is 13.6. The molecule has 3 heteroatoms. The van der Waals surface area contributed by atoms with Crippen LogP contribution in [0.2, 0.25) is 0 Å². The van der Waals surface area contributed by atoms with Gasteiger partial charge in [0.2, 0.25) is 0 Å². The van der Waals surface area contributed by atoms with Crippen LogP contribution in [0, 0.1) is 50.2 Å². The molecule has 0 aliphatic heterocycles. The first-order chi connectivity index (χ1) is 19.2. The minimum Gasteiger partial charge on any atom is -0.465 e. The predicted molar refractivity (Wildman–Crippen MR) is 166 cm³/mol. The first-order valence-corrected chi connectivity index (χ1v) is 16.8. The number of carbonyl (C=O) groups excluding carboxylic acids is 1. The molecule has 6 rings (SSSR count). The number of carbonyl (C=O) groups is 1. The number of esters is 1. The van der Waals surface area contributed by atoms with Gasteiger partial charge in [0.25, 0.3) is 0 Å². The number of fused-ring (bicyclic) bond motifs is 7. The quantitative estimate of drug-likeness (QED) is 0.295. The van der Waals surface area contributed by atoms with Crippen molar-refractivity contribution < 1.29 is 14.6 Å². The number of hydrogen-bond acceptors (Lipinski definition) is 3. The van der Waals surface area contributed by atoms with Gasteiger partial charge in [-0.3, -0.25) is 4.79 Å². The van der Waals surface area contributed by atoms with Gasteiger partial charge in [0.1, 0.15) is 0 Å². The third-order valence-electron chi connectivity index (χ3n) is 14.8. The Morgan fingerprint density at radius 1 is 0.878 bits per heavy atom. The predicted octanol–water partition coefficient (Wildman–Crippen LogP) is 8.93. The third-order valence-corrected chi connectivity index (χ3v) is 14.8. The van der Waals surface area contributed by atoms with Crippen LogP contribution in [0.25, 0.3) is 0 Å². The summed E-state index contributed by atoms with van der Waals surface area (Å²) < 4.78 is 5.99. The summed E-state index contributed by atoms with van der Waals surface area (Å²) in [5.41, 5.74) is 3.45. The lowest BCUT2D eigenvalue weighted by molar-refractivity contribution is -0.203. The van der Waals surface area contributed by atoms with Crippen molar-refractivity contribution >= 4 is 5.97 Å². The van der Waals surface area contributed by atoms with Crippen molar-refractivity contribution in [2.75, 3.05) is 6.61 Å². The molecule has 226 valence electrons. The zero-order valence-electron chi connectivity index (χ0n) is 27.0. The number of ether oxygens (including phenoxy) is 1.